The first kappa shape index (κ1) is 62.3. The third-order valence-electron chi connectivity index (χ3n) is 10.3. The normalized spacial score (nSPS) is 13.3. The maximum Gasteiger partial charge on any atom is 0.306 e. The van der Waals surface area contributed by atoms with Gasteiger partial charge in [-0.05, 0) is 128 Å². The molecule has 0 radical (unpaired) electrons. The quantitative estimate of drug-likeness (QED) is 0.0262. The van der Waals surface area contributed by atoms with Crippen LogP contribution in [0.4, 0.5) is 0 Å². The number of ether oxygens (including phenoxy) is 3. The first-order valence-corrected chi connectivity index (χ1v) is 26.3. The van der Waals surface area contributed by atoms with Crippen LogP contribution in [-0.4, -0.2) is 37.2 Å². The lowest BCUT2D eigenvalue weighted by atomic mass is 10.1. The molecule has 0 spiro atoms. The predicted octanol–water partition coefficient (Wildman–Crippen LogP) is 17.6. The van der Waals surface area contributed by atoms with Crippen LogP contribution in [0.1, 0.15) is 201 Å². The standard InChI is InChI=1S/C61H94O6/c1-4-7-10-13-16-19-22-25-28-30-33-35-38-41-44-47-50-53-59(62)65-56-58(67-61(64)55-52-49-46-43-40-37-32-27-24-21-18-15-12-9-6-3)57-66-60(63)54-51-48-45-42-39-36-34-31-29-26-23-20-17-14-11-8-5-2/h7,9-10,12,16-21,25-29,32-36,41-42,44-45,58H,4-6,8,11,13-15,22-24,30-31,37-40,43,46-57H2,1-3H3/b10-7-,12-9-,19-16-,20-17-,21-18-,28-25-,29-26-,32-27-,35-33-,36-34-,44-41-,45-42-/t58-/m1/s1. The molecule has 0 rings (SSSR count). The molecule has 67 heavy (non-hydrogen) atoms. The van der Waals surface area contributed by atoms with Gasteiger partial charge in [-0.2, -0.15) is 0 Å². The average molecular weight is 923 g/mol. The molecular formula is C61H94O6. The Morgan fingerprint density at radius 1 is 0.313 bits per heavy atom. The Hall–Kier alpha value is -4.71. The summed E-state index contributed by atoms with van der Waals surface area (Å²) in [5.41, 5.74) is 0. The van der Waals surface area contributed by atoms with Crippen molar-refractivity contribution in [2.45, 2.75) is 207 Å². The lowest BCUT2D eigenvalue weighted by Crippen LogP contribution is -2.30. The molecule has 0 saturated carbocycles. The lowest BCUT2D eigenvalue weighted by molar-refractivity contribution is -0.167. The van der Waals surface area contributed by atoms with Gasteiger partial charge in [0.05, 0.1) is 0 Å². The predicted molar refractivity (Wildman–Crippen MR) is 288 cm³/mol. The molecule has 6 nitrogen and oxygen atoms in total. The van der Waals surface area contributed by atoms with E-state index < -0.39 is 6.10 Å². The Morgan fingerprint density at radius 3 is 0.955 bits per heavy atom. The van der Waals surface area contributed by atoms with Gasteiger partial charge in [0, 0.05) is 19.3 Å². The molecule has 0 aliphatic carbocycles. The molecular weight excluding hydrogens is 829 g/mol. The second kappa shape index (κ2) is 53.9. The summed E-state index contributed by atoms with van der Waals surface area (Å²) in [6.45, 7) is 6.25. The molecule has 0 aliphatic heterocycles. The summed E-state index contributed by atoms with van der Waals surface area (Å²) in [5.74, 6) is -1.08. The Balaban J connectivity index is 4.62. The molecule has 0 aliphatic rings. The van der Waals surface area contributed by atoms with Gasteiger partial charge in [-0.3, -0.25) is 14.4 Å². The van der Waals surface area contributed by atoms with Gasteiger partial charge in [-0.15, -0.1) is 0 Å². The van der Waals surface area contributed by atoms with Gasteiger partial charge in [-0.1, -0.05) is 199 Å². The summed E-state index contributed by atoms with van der Waals surface area (Å²) in [7, 11) is 0. The molecule has 0 unspecified atom stereocenters. The summed E-state index contributed by atoms with van der Waals surface area (Å²) in [6.07, 6.45) is 77.0. The van der Waals surface area contributed by atoms with Crippen molar-refractivity contribution in [2.24, 2.45) is 0 Å². The monoisotopic (exact) mass is 923 g/mol. The van der Waals surface area contributed by atoms with Crippen LogP contribution in [0.2, 0.25) is 0 Å². The Kier molecular flexibility index (Phi) is 50.1. The number of hydrogen-bond donors (Lipinski definition) is 0. The number of allylic oxidation sites excluding steroid dienone is 24. The minimum absolute atomic E-state index is 0.137. The number of unbranched alkanes of at least 4 members (excludes halogenated alkanes) is 10. The van der Waals surface area contributed by atoms with Crippen molar-refractivity contribution in [1.82, 2.24) is 0 Å². The van der Waals surface area contributed by atoms with Crippen LogP contribution in [0.15, 0.2) is 146 Å². The fourth-order valence-electron chi connectivity index (χ4n) is 6.42. The van der Waals surface area contributed by atoms with Crippen LogP contribution >= 0.6 is 0 Å². The van der Waals surface area contributed by atoms with Crippen molar-refractivity contribution in [2.75, 3.05) is 13.2 Å². The van der Waals surface area contributed by atoms with Gasteiger partial charge in [0.1, 0.15) is 13.2 Å². The molecule has 0 heterocycles. The van der Waals surface area contributed by atoms with Gasteiger partial charge in [0.25, 0.3) is 0 Å². The third-order valence-corrected chi connectivity index (χ3v) is 10.3. The number of rotatable bonds is 45. The Labute approximate surface area is 410 Å². The van der Waals surface area contributed by atoms with E-state index in [9.17, 15) is 14.4 Å². The van der Waals surface area contributed by atoms with E-state index >= 15 is 0 Å². The minimum Gasteiger partial charge on any atom is -0.462 e. The topological polar surface area (TPSA) is 78.9 Å². The van der Waals surface area contributed by atoms with Gasteiger partial charge in [0.15, 0.2) is 6.10 Å². The first-order valence-electron chi connectivity index (χ1n) is 26.3. The smallest absolute Gasteiger partial charge is 0.306 e. The second-order valence-corrected chi connectivity index (χ2v) is 16.7. The fraction of sp³-hybridized carbons (Fsp3) is 0.557. The van der Waals surface area contributed by atoms with Crippen LogP contribution in [0.3, 0.4) is 0 Å². The van der Waals surface area contributed by atoms with E-state index in [1.807, 2.05) is 0 Å². The molecule has 0 saturated heterocycles. The maximum atomic E-state index is 12.8. The van der Waals surface area contributed by atoms with E-state index in [0.717, 1.165) is 122 Å². The molecule has 0 aromatic heterocycles. The number of carbonyl (C=O) groups excluding carboxylic acids is 3. The largest absolute Gasteiger partial charge is 0.462 e. The van der Waals surface area contributed by atoms with Crippen LogP contribution in [0, 0.1) is 0 Å². The van der Waals surface area contributed by atoms with Crippen molar-refractivity contribution < 1.29 is 28.6 Å². The molecule has 0 aromatic rings. The van der Waals surface area contributed by atoms with E-state index in [4.69, 9.17) is 14.2 Å². The zero-order chi connectivity index (χ0) is 48.6. The van der Waals surface area contributed by atoms with Gasteiger partial charge in [-0.25, -0.2) is 0 Å². The summed E-state index contributed by atoms with van der Waals surface area (Å²) in [5, 5.41) is 0. The molecule has 6 heteroatoms. The minimum atomic E-state index is -0.839. The summed E-state index contributed by atoms with van der Waals surface area (Å²) in [4.78, 5) is 38.0. The molecule has 0 amide bonds. The molecule has 374 valence electrons. The van der Waals surface area contributed by atoms with Crippen molar-refractivity contribution in [1.29, 1.82) is 0 Å². The van der Waals surface area contributed by atoms with E-state index in [1.165, 1.54) is 25.7 Å². The second-order valence-electron chi connectivity index (χ2n) is 16.7. The SMILES string of the molecule is CC/C=C\C/C=C\C/C=C\C/C=C\C/C=C\CCCC(=O)OC[C@H](COC(=O)CCC/C=C\C/C=C\C/C=C\C/C=C\CCCCC)OC(=O)CCCCCCC/C=C\C/C=C\C/C=C\CC. The Bertz CT molecular complexity index is 1530. The van der Waals surface area contributed by atoms with Gasteiger partial charge >= 0.3 is 17.9 Å². The molecule has 0 bridgehead atoms. The number of hydrogen-bond acceptors (Lipinski definition) is 6. The highest BCUT2D eigenvalue weighted by atomic mass is 16.6. The average Bonchev–Trinajstić information content (AvgIpc) is 3.33. The van der Waals surface area contributed by atoms with E-state index in [0.29, 0.717) is 12.8 Å². The fourth-order valence-corrected chi connectivity index (χ4v) is 6.42. The number of carbonyl (C=O) groups is 3. The number of esters is 3. The van der Waals surface area contributed by atoms with E-state index in [2.05, 4.69) is 167 Å². The summed E-state index contributed by atoms with van der Waals surface area (Å²) >= 11 is 0. The third kappa shape index (κ3) is 52.1. The van der Waals surface area contributed by atoms with E-state index in [-0.39, 0.29) is 50.4 Å². The molecule has 0 N–H and O–H groups in total. The summed E-state index contributed by atoms with van der Waals surface area (Å²) < 4.78 is 16.7. The van der Waals surface area contributed by atoms with Crippen LogP contribution in [-0.2, 0) is 28.6 Å². The van der Waals surface area contributed by atoms with Crippen molar-refractivity contribution in [3.05, 3.63) is 146 Å². The van der Waals surface area contributed by atoms with Crippen molar-refractivity contribution in [3.8, 4) is 0 Å². The van der Waals surface area contributed by atoms with E-state index in [1.54, 1.807) is 0 Å². The molecule has 1 atom stereocenters. The molecule has 0 fully saturated rings. The highest BCUT2D eigenvalue weighted by molar-refractivity contribution is 5.71. The van der Waals surface area contributed by atoms with Crippen LogP contribution < -0.4 is 0 Å². The first-order chi connectivity index (χ1) is 33.0. The van der Waals surface area contributed by atoms with Gasteiger partial charge < -0.3 is 14.2 Å². The maximum absolute atomic E-state index is 12.8. The van der Waals surface area contributed by atoms with Crippen LogP contribution in [0.25, 0.3) is 0 Å². The zero-order valence-corrected chi connectivity index (χ0v) is 42.6. The zero-order valence-electron chi connectivity index (χ0n) is 42.6. The lowest BCUT2D eigenvalue weighted by Gasteiger charge is -2.18. The van der Waals surface area contributed by atoms with Crippen molar-refractivity contribution in [3.63, 3.8) is 0 Å². The van der Waals surface area contributed by atoms with Gasteiger partial charge in [0.2, 0.25) is 0 Å². The summed E-state index contributed by atoms with van der Waals surface area (Å²) in [6, 6.07) is 0. The van der Waals surface area contributed by atoms with Crippen molar-refractivity contribution >= 4 is 17.9 Å². The molecule has 0 aromatic carbocycles. The van der Waals surface area contributed by atoms with Crippen LogP contribution in [0.5, 0.6) is 0 Å². The Morgan fingerprint density at radius 2 is 0.597 bits per heavy atom. The highest BCUT2D eigenvalue weighted by Crippen LogP contribution is 2.11. The highest BCUT2D eigenvalue weighted by Gasteiger charge is 2.19.